The Morgan fingerprint density at radius 2 is 2.21 bits per heavy atom. The van der Waals surface area contributed by atoms with Gasteiger partial charge in [0.2, 0.25) is 0 Å². The average molecular weight is 220 g/mol. The minimum Gasteiger partial charge on any atom is -0.790 e. The van der Waals surface area contributed by atoms with Gasteiger partial charge in [0.15, 0.2) is 6.29 Å². The quantitative estimate of drug-likeness (QED) is 0.230. The van der Waals surface area contributed by atoms with Crippen LogP contribution in [0.25, 0.3) is 0 Å². The lowest BCUT2D eigenvalue weighted by Crippen LogP contribution is -2.18. The highest BCUT2D eigenvalue weighted by Gasteiger charge is 2.24. The van der Waals surface area contributed by atoms with Crippen molar-refractivity contribution in [1.29, 1.82) is 0 Å². The lowest BCUT2D eigenvalue weighted by atomic mass is 10.2. The summed E-state index contributed by atoms with van der Waals surface area (Å²) in [6.45, 7) is -0.850. The summed E-state index contributed by atoms with van der Waals surface area (Å²) in [5.41, 5.74) is -0.240. The molecule has 1 heterocycles. The first-order valence-corrected chi connectivity index (χ1v) is 4.91. The highest BCUT2D eigenvalue weighted by Crippen LogP contribution is 2.27. The lowest BCUT2D eigenvalue weighted by Gasteiger charge is -2.28. The minimum absolute atomic E-state index is 0.0527. The van der Waals surface area contributed by atoms with Gasteiger partial charge in [-0.15, -0.1) is 0 Å². The number of phosphoric ester groups is 1. The Morgan fingerprint density at radius 3 is 2.71 bits per heavy atom. The fourth-order valence-corrected chi connectivity index (χ4v) is 1.17. The first-order valence-electron chi connectivity index (χ1n) is 3.45. The summed E-state index contributed by atoms with van der Waals surface area (Å²) in [5, 5.41) is 0. The van der Waals surface area contributed by atoms with E-state index < -0.39 is 20.4 Å². The molecule has 0 aromatic carbocycles. The first-order chi connectivity index (χ1) is 6.44. The molecule has 0 aliphatic carbocycles. The molecule has 0 aromatic heterocycles. The van der Waals surface area contributed by atoms with Gasteiger partial charge >= 0.3 is 5.97 Å². The molecular formula is C6H5O7P-2. The monoisotopic (exact) mass is 220 g/mol. The standard InChI is InChI=1S/C6H7O7P/c7-1-5-4(2-12-6(5)8)3-13-14(9,10)11/h1H,2-3H2,(H2,9,10,11)/p-2. The number of carbonyl (C=O) groups is 2. The third-order valence-electron chi connectivity index (χ3n) is 1.49. The molecular weight excluding hydrogens is 215 g/mol. The van der Waals surface area contributed by atoms with Crippen molar-refractivity contribution < 1.29 is 33.2 Å². The second-order valence-electron chi connectivity index (χ2n) is 2.43. The van der Waals surface area contributed by atoms with Crippen LogP contribution in [0.5, 0.6) is 0 Å². The lowest BCUT2D eigenvalue weighted by molar-refractivity contribution is -0.341. The number of carbonyl (C=O) groups excluding carboxylic acids is 2. The molecule has 0 bridgehead atoms. The normalized spacial score (nSPS) is 17.1. The number of rotatable bonds is 4. The van der Waals surface area contributed by atoms with Crippen LogP contribution < -0.4 is 9.79 Å². The van der Waals surface area contributed by atoms with Gasteiger partial charge in [0, 0.05) is 5.57 Å². The van der Waals surface area contributed by atoms with E-state index in [4.69, 9.17) is 0 Å². The summed E-state index contributed by atoms with van der Waals surface area (Å²) >= 11 is 0. The fraction of sp³-hybridized carbons (Fsp3) is 0.333. The number of esters is 1. The second-order valence-corrected chi connectivity index (χ2v) is 3.58. The van der Waals surface area contributed by atoms with E-state index in [0.717, 1.165) is 0 Å². The molecule has 0 saturated carbocycles. The van der Waals surface area contributed by atoms with Crippen LogP contribution in [0.2, 0.25) is 0 Å². The zero-order chi connectivity index (χ0) is 10.8. The Labute approximate surface area is 78.6 Å². The van der Waals surface area contributed by atoms with Gasteiger partial charge in [-0.25, -0.2) is 4.79 Å². The molecule has 7 nitrogen and oxygen atoms in total. The van der Waals surface area contributed by atoms with Gasteiger partial charge in [0.05, 0.1) is 14.4 Å². The zero-order valence-corrected chi connectivity index (χ0v) is 7.69. The van der Waals surface area contributed by atoms with Crippen LogP contribution in [-0.4, -0.2) is 25.5 Å². The van der Waals surface area contributed by atoms with Crippen molar-refractivity contribution in [2.45, 2.75) is 0 Å². The molecule has 0 aromatic rings. The minimum atomic E-state index is -5.09. The zero-order valence-electron chi connectivity index (χ0n) is 6.80. The van der Waals surface area contributed by atoms with Crippen molar-refractivity contribution in [1.82, 2.24) is 0 Å². The summed E-state index contributed by atoms with van der Waals surface area (Å²) < 4.78 is 18.4. The largest absolute Gasteiger partial charge is 0.790 e. The maximum Gasteiger partial charge on any atom is 0.341 e. The van der Waals surface area contributed by atoms with E-state index in [1.807, 2.05) is 0 Å². The van der Waals surface area contributed by atoms with Crippen LogP contribution in [0.4, 0.5) is 0 Å². The van der Waals surface area contributed by atoms with E-state index in [2.05, 4.69) is 9.26 Å². The van der Waals surface area contributed by atoms with Crippen molar-refractivity contribution in [3.63, 3.8) is 0 Å². The van der Waals surface area contributed by atoms with E-state index >= 15 is 0 Å². The molecule has 1 aliphatic heterocycles. The Kier molecular flexibility index (Phi) is 3.17. The highest BCUT2D eigenvalue weighted by atomic mass is 31.2. The van der Waals surface area contributed by atoms with E-state index in [1.165, 1.54) is 0 Å². The Bertz CT molecular complexity index is 338. The molecule has 0 radical (unpaired) electrons. The molecule has 0 unspecified atom stereocenters. The van der Waals surface area contributed by atoms with Crippen molar-refractivity contribution in [2.24, 2.45) is 0 Å². The SMILES string of the molecule is O=CC1=C(COP(=O)([O-])[O-])COC1=O. The van der Waals surface area contributed by atoms with Crippen LogP contribution in [0.15, 0.2) is 11.1 Å². The van der Waals surface area contributed by atoms with Crippen LogP contribution in [0.1, 0.15) is 0 Å². The Balaban J connectivity index is 2.69. The molecule has 14 heavy (non-hydrogen) atoms. The predicted octanol–water partition coefficient (Wildman–Crippen LogP) is -2.12. The molecule has 0 atom stereocenters. The summed E-state index contributed by atoms with van der Waals surface area (Å²) in [5.74, 6) is -0.842. The van der Waals surface area contributed by atoms with Gasteiger partial charge in [0.25, 0.3) is 0 Å². The number of hydrogen-bond donors (Lipinski definition) is 0. The maximum atomic E-state index is 10.7. The first kappa shape index (κ1) is 11.1. The van der Waals surface area contributed by atoms with Gasteiger partial charge in [-0.05, 0) is 0 Å². The average Bonchev–Trinajstić information content (AvgIpc) is 2.41. The molecule has 78 valence electrons. The van der Waals surface area contributed by atoms with E-state index in [0.29, 0.717) is 0 Å². The van der Waals surface area contributed by atoms with Crippen LogP contribution in [0.3, 0.4) is 0 Å². The van der Waals surface area contributed by atoms with Crippen molar-refractivity contribution >= 4 is 20.1 Å². The van der Waals surface area contributed by atoms with Crippen LogP contribution in [-0.2, 0) is 23.4 Å². The number of cyclic esters (lactones) is 1. The van der Waals surface area contributed by atoms with E-state index in [-0.39, 0.29) is 24.0 Å². The number of phosphoric acid groups is 1. The molecule has 0 N–H and O–H groups in total. The van der Waals surface area contributed by atoms with Gasteiger partial charge in [0.1, 0.15) is 12.2 Å². The maximum absolute atomic E-state index is 10.7. The summed E-state index contributed by atoms with van der Waals surface area (Å²) in [4.78, 5) is 41.2. The van der Waals surface area contributed by atoms with Crippen molar-refractivity contribution in [2.75, 3.05) is 13.2 Å². The summed E-state index contributed by atoms with van der Waals surface area (Å²) in [6, 6.07) is 0. The van der Waals surface area contributed by atoms with Crippen LogP contribution >= 0.6 is 7.82 Å². The molecule has 0 spiro atoms. The Hall–Kier alpha value is -1.01. The molecule has 1 rings (SSSR count). The molecule has 0 amide bonds. The fourth-order valence-electron chi connectivity index (χ4n) is 0.860. The highest BCUT2D eigenvalue weighted by molar-refractivity contribution is 7.43. The van der Waals surface area contributed by atoms with Crippen LogP contribution in [0, 0.1) is 0 Å². The van der Waals surface area contributed by atoms with E-state index in [9.17, 15) is 23.9 Å². The molecule has 0 saturated heterocycles. The van der Waals surface area contributed by atoms with Gasteiger partial charge in [-0.3, -0.25) is 4.79 Å². The predicted molar refractivity (Wildman–Crippen MR) is 37.6 cm³/mol. The Morgan fingerprint density at radius 1 is 1.57 bits per heavy atom. The summed E-state index contributed by atoms with van der Waals surface area (Å²) in [6.07, 6.45) is 0.231. The number of aldehydes is 1. The number of ether oxygens (including phenoxy) is 1. The van der Waals surface area contributed by atoms with E-state index in [1.54, 1.807) is 0 Å². The van der Waals surface area contributed by atoms with Crippen molar-refractivity contribution in [3.8, 4) is 0 Å². The third-order valence-corrected chi connectivity index (χ3v) is 1.94. The summed E-state index contributed by atoms with van der Waals surface area (Å²) in [7, 11) is -5.09. The van der Waals surface area contributed by atoms with Crippen molar-refractivity contribution in [3.05, 3.63) is 11.1 Å². The molecule has 1 aliphatic rings. The third kappa shape index (κ3) is 2.74. The topological polar surface area (TPSA) is 116 Å². The van der Waals surface area contributed by atoms with Gasteiger partial charge < -0.3 is 23.6 Å². The van der Waals surface area contributed by atoms with Gasteiger partial charge in [-0.1, -0.05) is 0 Å². The molecule has 0 fully saturated rings. The molecule has 8 heteroatoms. The number of hydrogen-bond acceptors (Lipinski definition) is 7. The van der Waals surface area contributed by atoms with Gasteiger partial charge in [-0.2, -0.15) is 0 Å². The second kappa shape index (κ2) is 4.02. The smallest absolute Gasteiger partial charge is 0.341 e.